The predicted molar refractivity (Wildman–Crippen MR) is 84.5 cm³/mol. The highest BCUT2D eigenvalue weighted by Crippen LogP contribution is 2.42. The van der Waals surface area contributed by atoms with Gasteiger partial charge < -0.3 is 5.73 Å². The van der Waals surface area contributed by atoms with Gasteiger partial charge in [0.05, 0.1) is 5.52 Å². The molecule has 0 radical (unpaired) electrons. The Bertz CT molecular complexity index is 612. The van der Waals surface area contributed by atoms with Gasteiger partial charge in [0.25, 0.3) is 0 Å². The van der Waals surface area contributed by atoms with E-state index in [0.717, 1.165) is 18.4 Å². The number of nitrogens with zero attached hydrogens (tertiary/aromatic N) is 1. The lowest BCUT2D eigenvalue weighted by atomic mass is 9.80. The maximum absolute atomic E-state index is 6.83. The van der Waals surface area contributed by atoms with Gasteiger partial charge in [0.1, 0.15) is 0 Å². The van der Waals surface area contributed by atoms with Crippen molar-refractivity contribution in [1.29, 1.82) is 0 Å². The first-order valence-electron chi connectivity index (χ1n) is 7.63. The summed E-state index contributed by atoms with van der Waals surface area (Å²) in [6.45, 7) is 4.72. The van der Waals surface area contributed by atoms with E-state index < -0.39 is 0 Å². The Hall–Kier alpha value is -1.41. The van der Waals surface area contributed by atoms with Crippen LogP contribution < -0.4 is 5.73 Å². The molecule has 1 fully saturated rings. The van der Waals surface area contributed by atoms with Crippen LogP contribution in [0.4, 0.5) is 0 Å². The Balaban J connectivity index is 2.05. The van der Waals surface area contributed by atoms with E-state index in [-0.39, 0.29) is 5.54 Å². The second-order valence-electron chi connectivity index (χ2n) is 7.05. The lowest BCUT2D eigenvalue weighted by Crippen LogP contribution is -2.36. The van der Waals surface area contributed by atoms with Crippen LogP contribution in [-0.2, 0) is 5.54 Å². The van der Waals surface area contributed by atoms with Crippen LogP contribution in [0, 0.1) is 5.41 Å². The fourth-order valence-electron chi connectivity index (χ4n) is 3.47. The molecular weight excluding hydrogens is 244 g/mol. The van der Waals surface area contributed by atoms with Crippen LogP contribution in [0.25, 0.3) is 10.9 Å². The number of benzene rings is 1. The Morgan fingerprint density at radius 1 is 1.00 bits per heavy atom. The molecule has 1 heterocycles. The molecule has 2 heteroatoms. The van der Waals surface area contributed by atoms with Crippen molar-refractivity contribution in [3.05, 3.63) is 42.1 Å². The van der Waals surface area contributed by atoms with Gasteiger partial charge in [0.2, 0.25) is 0 Å². The van der Waals surface area contributed by atoms with Gasteiger partial charge in [-0.2, -0.15) is 0 Å². The topological polar surface area (TPSA) is 38.9 Å². The normalized spacial score (nSPS) is 26.4. The standard InChI is InChI=1S/C18H24N2/c1-17(2)9-5-10-18(19,12-11-17)15-8-3-6-14-7-4-13-20-16(14)15/h3-4,6-8,13H,5,9-12,19H2,1-2H3. The highest BCUT2D eigenvalue weighted by molar-refractivity contribution is 5.82. The summed E-state index contributed by atoms with van der Waals surface area (Å²) in [6, 6.07) is 10.5. The average Bonchev–Trinajstić information content (AvgIpc) is 2.58. The molecule has 1 unspecified atom stereocenters. The summed E-state index contributed by atoms with van der Waals surface area (Å²) in [4.78, 5) is 4.59. The Morgan fingerprint density at radius 2 is 1.80 bits per heavy atom. The van der Waals surface area contributed by atoms with Crippen LogP contribution in [0.2, 0.25) is 0 Å². The van der Waals surface area contributed by atoms with Crippen LogP contribution >= 0.6 is 0 Å². The van der Waals surface area contributed by atoms with Gasteiger partial charge in [-0.05, 0) is 42.7 Å². The molecule has 20 heavy (non-hydrogen) atoms. The van der Waals surface area contributed by atoms with Crippen LogP contribution in [0.5, 0.6) is 0 Å². The molecule has 0 saturated heterocycles. The SMILES string of the molecule is CC1(C)CCCC(N)(c2cccc3cccnc23)CC1. The molecule has 1 aromatic heterocycles. The number of aromatic nitrogens is 1. The van der Waals surface area contributed by atoms with E-state index in [1.165, 1.54) is 30.2 Å². The average molecular weight is 268 g/mol. The molecule has 0 amide bonds. The fourth-order valence-corrected chi connectivity index (χ4v) is 3.47. The third-order valence-electron chi connectivity index (χ3n) is 4.89. The van der Waals surface area contributed by atoms with Crippen LogP contribution in [-0.4, -0.2) is 4.98 Å². The summed E-state index contributed by atoms with van der Waals surface area (Å²) >= 11 is 0. The number of hydrogen-bond acceptors (Lipinski definition) is 2. The number of pyridine rings is 1. The zero-order valence-electron chi connectivity index (χ0n) is 12.5. The highest BCUT2D eigenvalue weighted by atomic mass is 14.8. The summed E-state index contributed by atoms with van der Waals surface area (Å²) in [5.74, 6) is 0. The number of rotatable bonds is 1. The van der Waals surface area contributed by atoms with E-state index in [1.54, 1.807) is 0 Å². The van der Waals surface area contributed by atoms with Crippen molar-refractivity contribution in [3.63, 3.8) is 0 Å². The van der Waals surface area contributed by atoms with Crippen LogP contribution in [0.1, 0.15) is 51.5 Å². The molecule has 0 spiro atoms. The van der Waals surface area contributed by atoms with E-state index in [0.29, 0.717) is 5.41 Å². The van der Waals surface area contributed by atoms with Gasteiger partial charge in [-0.3, -0.25) is 4.98 Å². The first kappa shape index (κ1) is 13.6. The van der Waals surface area contributed by atoms with Gasteiger partial charge in [0, 0.05) is 17.1 Å². The van der Waals surface area contributed by atoms with Gasteiger partial charge >= 0.3 is 0 Å². The third kappa shape index (κ3) is 2.45. The number of nitrogens with two attached hydrogens (primary N) is 1. The highest BCUT2D eigenvalue weighted by Gasteiger charge is 2.35. The van der Waals surface area contributed by atoms with Crippen LogP contribution in [0.3, 0.4) is 0 Å². The summed E-state index contributed by atoms with van der Waals surface area (Å²) in [5, 5.41) is 1.19. The minimum absolute atomic E-state index is 0.221. The van der Waals surface area contributed by atoms with Gasteiger partial charge in [0.15, 0.2) is 0 Å². The fraction of sp³-hybridized carbons (Fsp3) is 0.500. The molecule has 3 rings (SSSR count). The number of hydrogen-bond donors (Lipinski definition) is 1. The maximum Gasteiger partial charge on any atom is 0.0752 e. The molecular formula is C18H24N2. The number of fused-ring (bicyclic) bond motifs is 1. The Morgan fingerprint density at radius 3 is 2.65 bits per heavy atom. The molecule has 2 aromatic rings. The van der Waals surface area contributed by atoms with Crippen molar-refractivity contribution < 1.29 is 0 Å². The van der Waals surface area contributed by atoms with E-state index in [9.17, 15) is 0 Å². The first-order chi connectivity index (χ1) is 9.50. The quantitative estimate of drug-likeness (QED) is 0.780. The van der Waals surface area contributed by atoms with E-state index in [1.807, 2.05) is 12.3 Å². The van der Waals surface area contributed by atoms with Crippen LogP contribution in [0.15, 0.2) is 36.5 Å². The Labute approximate surface area is 121 Å². The van der Waals surface area contributed by atoms with Crippen molar-refractivity contribution in [3.8, 4) is 0 Å². The molecule has 1 saturated carbocycles. The van der Waals surface area contributed by atoms with Crippen molar-refractivity contribution in [1.82, 2.24) is 4.98 Å². The van der Waals surface area contributed by atoms with E-state index in [4.69, 9.17) is 5.73 Å². The zero-order valence-corrected chi connectivity index (χ0v) is 12.5. The minimum Gasteiger partial charge on any atom is -0.321 e. The molecule has 1 atom stereocenters. The van der Waals surface area contributed by atoms with E-state index >= 15 is 0 Å². The van der Waals surface area contributed by atoms with Crippen molar-refractivity contribution >= 4 is 10.9 Å². The lowest BCUT2D eigenvalue weighted by Gasteiger charge is -2.30. The van der Waals surface area contributed by atoms with Crippen molar-refractivity contribution in [2.75, 3.05) is 0 Å². The molecule has 0 aliphatic heterocycles. The largest absolute Gasteiger partial charge is 0.321 e. The molecule has 1 aliphatic carbocycles. The molecule has 1 aromatic carbocycles. The summed E-state index contributed by atoms with van der Waals surface area (Å²) in [6.07, 6.45) is 7.64. The molecule has 2 N–H and O–H groups in total. The maximum atomic E-state index is 6.83. The summed E-state index contributed by atoms with van der Waals surface area (Å²) in [7, 11) is 0. The van der Waals surface area contributed by atoms with E-state index in [2.05, 4.69) is 43.1 Å². The third-order valence-corrected chi connectivity index (χ3v) is 4.89. The summed E-state index contributed by atoms with van der Waals surface area (Å²) < 4.78 is 0. The second kappa shape index (κ2) is 4.85. The van der Waals surface area contributed by atoms with Crippen molar-refractivity contribution in [2.24, 2.45) is 11.1 Å². The van der Waals surface area contributed by atoms with Gasteiger partial charge in [-0.1, -0.05) is 44.5 Å². The zero-order chi connectivity index (χ0) is 14.2. The number of para-hydroxylation sites is 1. The monoisotopic (exact) mass is 268 g/mol. The van der Waals surface area contributed by atoms with Gasteiger partial charge in [-0.25, -0.2) is 0 Å². The second-order valence-corrected chi connectivity index (χ2v) is 7.05. The molecule has 1 aliphatic rings. The first-order valence-corrected chi connectivity index (χ1v) is 7.63. The summed E-state index contributed by atoms with van der Waals surface area (Å²) in [5.41, 5.74) is 9.33. The van der Waals surface area contributed by atoms with Gasteiger partial charge in [-0.15, -0.1) is 0 Å². The smallest absolute Gasteiger partial charge is 0.0752 e. The molecule has 2 nitrogen and oxygen atoms in total. The minimum atomic E-state index is -0.221. The molecule has 106 valence electrons. The Kier molecular flexibility index (Phi) is 3.29. The lowest BCUT2D eigenvalue weighted by molar-refractivity contribution is 0.299. The molecule has 0 bridgehead atoms. The predicted octanol–water partition coefficient (Wildman–Crippen LogP) is 4.38. The van der Waals surface area contributed by atoms with Crippen molar-refractivity contribution in [2.45, 2.75) is 51.5 Å².